The lowest BCUT2D eigenvalue weighted by molar-refractivity contribution is -0.123. The summed E-state index contributed by atoms with van der Waals surface area (Å²) >= 11 is 0. The molecule has 6 heteroatoms. The number of carbonyl (C=O) groups excluding carboxylic acids is 1. The summed E-state index contributed by atoms with van der Waals surface area (Å²) in [6, 6.07) is 15.3. The molecule has 0 saturated carbocycles. The number of carbonyl (C=O) groups is 1. The number of amides is 1. The Labute approximate surface area is 160 Å². The predicted molar refractivity (Wildman–Crippen MR) is 105 cm³/mol. The van der Waals surface area contributed by atoms with Crippen molar-refractivity contribution in [1.82, 2.24) is 5.32 Å². The summed E-state index contributed by atoms with van der Waals surface area (Å²) in [4.78, 5) is 14.4. The molecule has 0 aliphatic carbocycles. The molecule has 2 aromatic carbocycles. The number of hydrogen-bond donors (Lipinski definition) is 1. The fourth-order valence-electron chi connectivity index (χ4n) is 3.30. The van der Waals surface area contributed by atoms with Crippen LogP contribution in [0.2, 0.25) is 0 Å². The first kappa shape index (κ1) is 18.9. The van der Waals surface area contributed by atoms with Crippen LogP contribution in [0.4, 0.5) is 5.69 Å². The van der Waals surface area contributed by atoms with Crippen molar-refractivity contribution < 1.29 is 19.0 Å². The van der Waals surface area contributed by atoms with Crippen LogP contribution in [0.1, 0.15) is 6.42 Å². The lowest BCUT2D eigenvalue weighted by atomic mass is 10.1. The molecule has 1 saturated heterocycles. The number of para-hydroxylation sites is 4. The second-order valence-corrected chi connectivity index (χ2v) is 6.52. The van der Waals surface area contributed by atoms with Crippen LogP contribution >= 0.6 is 0 Å². The Morgan fingerprint density at radius 1 is 1.04 bits per heavy atom. The number of nitrogens with one attached hydrogen (secondary N) is 1. The van der Waals surface area contributed by atoms with Crippen molar-refractivity contribution in [2.24, 2.45) is 5.92 Å². The summed E-state index contributed by atoms with van der Waals surface area (Å²) in [6.07, 6.45) is 1.03. The maximum absolute atomic E-state index is 12.1. The number of benzene rings is 2. The molecule has 144 valence electrons. The predicted octanol–water partition coefficient (Wildman–Crippen LogP) is 2.73. The fourth-order valence-corrected chi connectivity index (χ4v) is 3.30. The SMILES string of the molecule is COc1ccccc1OCC(=O)NCC1CCN(c2ccccc2OC)C1. The highest BCUT2D eigenvalue weighted by atomic mass is 16.5. The zero-order valence-electron chi connectivity index (χ0n) is 15.8. The normalized spacial score (nSPS) is 16.1. The van der Waals surface area contributed by atoms with Crippen molar-refractivity contribution in [2.75, 3.05) is 45.4 Å². The van der Waals surface area contributed by atoms with E-state index in [1.54, 1.807) is 26.4 Å². The molecule has 1 aliphatic heterocycles. The van der Waals surface area contributed by atoms with Crippen molar-refractivity contribution in [2.45, 2.75) is 6.42 Å². The van der Waals surface area contributed by atoms with E-state index in [-0.39, 0.29) is 12.5 Å². The molecule has 3 rings (SSSR count). The van der Waals surface area contributed by atoms with Crippen LogP contribution in [0, 0.1) is 5.92 Å². The van der Waals surface area contributed by atoms with Gasteiger partial charge >= 0.3 is 0 Å². The Hall–Kier alpha value is -2.89. The number of rotatable bonds is 8. The van der Waals surface area contributed by atoms with E-state index in [0.717, 1.165) is 30.9 Å². The number of ether oxygens (including phenoxy) is 3. The van der Waals surface area contributed by atoms with E-state index in [1.807, 2.05) is 30.3 Å². The Morgan fingerprint density at radius 2 is 1.70 bits per heavy atom. The molecule has 1 fully saturated rings. The highest BCUT2D eigenvalue weighted by molar-refractivity contribution is 5.77. The van der Waals surface area contributed by atoms with E-state index in [1.165, 1.54) is 0 Å². The molecule has 27 heavy (non-hydrogen) atoms. The summed E-state index contributed by atoms with van der Waals surface area (Å²) in [7, 11) is 3.27. The Kier molecular flexibility index (Phi) is 6.41. The Morgan fingerprint density at radius 3 is 2.44 bits per heavy atom. The first-order valence-electron chi connectivity index (χ1n) is 9.11. The third-order valence-electron chi connectivity index (χ3n) is 4.73. The second-order valence-electron chi connectivity index (χ2n) is 6.52. The second kappa shape index (κ2) is 9.16. The minimum Gasteiger partial charge on any atom is -0.495 e. The molecule has 1 amide bonds. The molecule has 1 N–H and O–H groups in total. The van der Waals surface area contributed by atoms with Crippen molar-refractivity contribution >= 4 is 11.6 Å². The van der Waals surface area contributed by atoms with Gasteiger partial charge in [0.05, 0.1) is 19.9 Å². The number of nitrogens with zero attached hydrogens (tertiary/aromatic N) is 1. The van der Waals surface area contributed by atoms with Crippen LogP contribution in [0.3, 0.4) is 0 Å². The lowest BCUT2D eigenvalue weighted by Gasteiger charge is -2.21. The quantitative estimate of drug-likeness (QED) is 0.774. The molecule has 1 atom stereocenters. The summed E-state index contributed by atoms with van der Waals surface area (Å²) in [6.45, 7) is 2.47. The molecular weight excluding hydrogens is 344 g/mol. The van der Waals surface area contributed by atoms with Gasteiger partial charge in [-0.05, 0) is 36.6 Å². The van der Waals surface area contributed by atoms with E-state index < -0.39 is 0 Å². The van der Waals surface area contributed by atoms with Crippen molar-refractivity contribution in [1.29, 1.82) is 0 Å². The van der Waals surface area contributed by atoms with Crippen molar-refractivity contribution in [3.63, 3.8) is 0 Å². The monoisotopic (exact) mass is 370 g/mol. The third-order valence-corrected chi connectivity index (χ3v) is 4.73. The zero-order chi connectivity index (χ0) is 19.1. The molecular formula is C21H26N2O4. The zero-order valence-corrected chi connectivity index (χ0v) is 15.8. The van der Waals surface area contributed by atoms with Crippen LogP contribution in [0.15, 0.2) is 48.5 Å². The first-order chi connectivity index (χ1) is 13.2. The van der Waals surface area contributed by atoms with E-state index in [9.17, 15) is 4.79 Å². The van der Waals surface area contributed by atoms with Crippen LogP contribution in [-0.2, 0) is 4.79 Å². The summed E-state index contributed by atoms with van der Waals surface area (Å²) in [5.74, 6) is 2.35. The van der Waals surface area contributed by atoms with Gasteiger partial charge in [0.25, 0.3) is 5.91 Å². The summed E-state index contributed by atoms with van der Waals surface area (Å²) in [5, 5.41) is 2.97. The van der Waals surface area contributed by atoms with Gasteiger partial charge in [0, 0.05) is 19.6 Å². The van der Waals surface area contributed by atoms with Crippen molar-refractivity contribution in [3.8, 4) is 17.2 Å². The van der Waals surface area contributed by atoms with Crippen LogP contribution in [0.5, 0.6) is 17.2 Å². The fraction of sp³-hybridized carbons (Fsp3) is 0.381. The van der Waals surface area contributed by atoms with E-state index in [4.69, 9.17) is 14.2 Å². The Bertz CT molecular complexity index is 765. The van der Waals surface area contributed by atoms with Crippen LogP contribution in [-0.4, -0.2) is 46.4 Å². The van der Waals surface area contributed by atoms with Gasteiger partial charge in [-0.1, -0.05) is 24.3 Å². The van der Waals surface area contributed by atoms with Crippen molar-refractivity contribution in [3.05, 3.63) is 48.5 Å². The highest BCUT2D eigenvalue weighted by Gasteiger charge is 2.24. The molecule has 6 nitrogen and oxygen atoms in total. The molecule has 2 aromatic rings. The molecule has 1 unspecified atom stereocenters. The van der Waals surface area contributed by atoms with Gasteiger partial charge in [-0.2, -0.15) is 0 Å². The van der Waals surface area contributed by atoms with Gasteiger partial charge in [-0.25, -0.2) is 0 Å². The maximum Gasteiger partial charge on any atom is 0.257 e. The van der Waals surface area contributed by atoms with Gasteiger partial charge in [-0.3, -0.25) is 4.79 Å². The van der Waals surface area contributed by atoms with Gasteiger partial charge < -0.3 is 24.4 Å². The van der Waals surface area contributed by atoms with E-state index in [0.29, 0.717) is 24.0 Å². The standard InChI is InChI=1S/C21H26N2O4/c1-25-18-8-4-3-7-17(18)23-12-11-16(14-23)13-22-21(24)15-27-20-10-6-5-9-19(20)26-2/h3-10,16H,11-15H2,1-2H3,(H,22,24). The lowest BCUT2D eigenvalue weighted by Crippen LogP contribution is -2.34. The Balaban J connectivity index is 1.45. The maximum atomic E-state index is 12.1. The third kappa shape index (κ3) is 4.84. The molecule has 0 spiro atoms. The number of hydrogen-bond acceptors (Lipinski definition) is 5. The van der Waals surface area contributed by atoms with E-state index >= 15 is 0 Å². The molecule has 0 bridgehead atoms. The van der Waals surface area contributed by atoms with Crippen LogP contribution in [0.25, 0.3) is 0 Å². The minimum atomic E-state index is -0.128. The molecule has 1 heterocycles. The summed E-state index contributed by atoms with van der Waals surface area (Å²) < 4.78 is 16.2. The van der Waals surface area contributed by atoms with Gasteiger partial charge in [0.2, 0.25) is 0 Å². The minimum absolute atomic E-state index is 0.0245. The molecule has 1 aliphatic rings. The smallest absolute Gasteiger partial charge is 0.257 e. The summed E-state index contributed by atoms with van der Waals surface area (Å²) in [5.41, 5.74) is 1.10. The largest absolute Gasteiger partial charge is 0.495 e. The van der Waals surface area contributed by atoms with Gasteiger partial charge in [0.1, 0.15) is 5.75 Å². The average molecular weight is 370 g/mol. The van der Waals surface area contributed by atoms with Crippen LogP contribution < -0.4 is 24.4 Å². The van der Waals surface area contributed by atoms with Gasteiger partial charge in [0.15, 0.2) is 18.1 Å². The van der Waals surface area contributed by atoms with E-state index in [2.05, 4.69) is 16.3 Å². The molecule has 0 aromatic heterocycles. The highest BCUT2D eigenvalue weighted by Crippen LogP contribution is 2.31. The van der Waals surface area contributed by atoms with Gasteiger partial charge in [-0.15, -0.1) is 0 Å². The number of methoxy groups -OCH3 is 2. The first-order valence-corrected chi connectivity index (χ1v) is 9.11. The molecule has 0 radical (unpaired) electrons. The topological polar surface area (TPSA) is 60.0 Å². The average Bonchev–Trinajstić information content (AvgIpc) is 3.19. The number of anilines is 1.